The van der Waals surface area contributed by atoms with Crippen molar-refractivity contribution >= 4 is 5.91 Å². The molecule has 5 heteroatoms. The van der Waals surface area contributed by atoms with Gasteiger partial charge in [0, 0.05) is 18.2 Å². The number of nitrogens with zero attached hydrogens (tertiary/aromatic N) is 2. The fraction of sp³-hybridized carbons (Fsp3) is 0.238. The van der Waals surface area contributed by atoms with Gasteiger partial charge in [0.2, 0.25) is 0 Å². The minimum Gasteiger partial charge on any atom is -0.487 e. The molecule has 5 nitrogen and oxygen atoms in total. The summed E-state index contributed by atoms with van der Waals surface area (Å²) in [5.74, 6) is 0.646. The average Bonchev–Trinajstić information content (AvgIpc) is 3.38. The van der Waals surface area contributed by atoms with Gasteiger partial charge in [0.25, 0.3) is 5.91 Å². The second-order valence-electron chi connectivity index (χ2n) is 6.56. The van der Waals surface area contributed by atoms with Gasteiger partial charge < -0.3 is 14.6 Å². The summed E-state index contributed by atoms with van der Waals surface area (Å²) in [5.41, 5.74) is 2.83. The lowest BCUT2D eigenvalue weighted by atomic mass is 10.2. The van der Waals surface area contributed by atoms with Gasteiger partial charge >= 0.3 is 0 Å². The van der Waals surface area contributed by atoms with Crippen molar-refractivity contribution in [1.29, 1.82) is 0 Å². The molecule has 0 spiro atoms. The molecule has 1 aliphatic carbocycles. The van der Waals surface area contributed by atoms with Crippen molar-refractivity contribution in [3.8, 4) is 5.75 Å². The number of hydrogen-bond acceptors (Lipinski definition) is 3. The van der Waals surface area contributed by atoms with Gasteiger partial charge in [-0.2, -0.15) is 0 Å². The molecule has 1 N–H and O–H groups in total. The fourth-order valence-electron chi connectivity index (χ4n) is 2.77. The molecule has 1 heterocycles. The molecule has 0 saturated heterocycles. The van der Waals surface area contributed by atoms with Crippen LogP contribution in [0.5, 0.6) is 5.75 Å². The summed E-state index contributed by atoms with van der Waals surface area (Å²) in [6.45, 7) is 1.16. The molecule has 1 aromatic heterocycles. The van der Waals surface area contributed by atoms with Crippen LogP contribution in [0.4, 0.5) is 0 Å². The first kappa shape index (κ1) is 16.4. The lowest BCUT2D eigenvalue weighted by Gasteiger charge is -2.11. The van der Waals surface area contributed by atoms with Crippen LogP contribution in [-0.4, -0.2) is 21.5 Å². The summed E-state index contributed by atoms with van der Waals surface area (Å²) < 4.78 is 7.97. The zero-order valence-electron chi connectivity index (χ0n) is 14.5. The third kappa shape index (κ3) is 4.11. The van der Waals surface area contributed by atoms with Gasteiger partial charge in [0.15, 0.2) is 0 Å². The molecule has 2 aromatic carbocycles. The average molecular weight is 347 g/mol. The largest absolute Gasteiger partial charge is 0.487 e. The number of nitrogens with one attached hydrogen (secondary N) is 1. The van der Waals surface area contributed by atoms with E-state index >= 15 is 0 Å². The van der Waals surface area contributed by atoms with Crippen LogP contribution in [-0.2, 0) is 13.2 Å². The van der Waals surface area contributed by atoms with Crippen LogP contribution in [0.1, 0.15) is 34.5 Å². The molecule has 1 fully saturated rings. The van der Waals surface area contributed by atoms with Crippen LogP contribution in [0.25, 0.3) is 0 Å². The van der Waals surface area contributed by atoms with E-state index in [9.17, 15) is 4.79 Å². The molecule has 1 amide bonds. The monoisotopic (exact) mass is 347 g/mol. The molecule has 0 atom stereocenters. The van der Waals surface area contributed by atoms with Crippen LogP contribution >= 0.6 is 0 Å². The second-order valence-corrected chi connectivity index (χ2v) is 6.56. The topological polar surface area (TPSA) is 56.1 Å². The number of benzene rings is 2. The van der Waals surface area contributed by atoms with Gasteiger partial charge in [-0.1, -0.05) is 36.4 Å². The summed E-state index contributed by atoms with van der Waals surface area (Å²) in [5, 5.41) is 2.99. The van der Waals surface area contributed by atoms with Gasteiger partial charge in [-0.25, -0.2) is 4.98 Å². The standard InChI is InChI=1S/C21H21N3O2/c25-21(23-18-9-10-18)17-7-4-8-20(11-17)26-14-19-12-22-15-24(19)13-16-5-2-1-3-6-16/h1-8,11-12,15,18H,9-10,13-14H2,(H,23,25). The highest BCUT2D eigenvalue weighted by Gasteiger charge is 2.23. The van der Waals surface area contributed by atoms with E-state index in [2.05, 4.69) is 27.0 Å². The van der Waals surface area contributed by atoms with E-state index in [0.717, 1.165) is 25.1 Å². The maximum Gasteiger partial charge on any atom is 0.251 e. The normalized spacial score (nSPS) is 13.4. The van der Waals surface area contributed by atoms with Crippen LogP contribution in [0.2, 0.25) is 0 Å². The molecule has 132 valence electrons. The van der Waals surface area contributed by atoms with E-state index in [1.807, 2.05) is 48.9 Å². The Labute approximate surface area is 152 Å². The Morgan fingerprint density at radius 2 is 2.00 bits per heavy atom. The van der Waals surface area contributed by atoms with Crippen molar-refractivity contribution in [1.82, 2.24) is 14.9 Å². The van der Waals surface area contributed by atoms with Crippen LogP contribution < -0.4 is 10.1 Å². The maximum atomic E-state index is 12.2. The van der Waals surface area contributed by atoms with Gasteiger partial charge in [-0.05, 0) is 36.6 Å². The summed E-state index contributed by atoms with van der Waals surface area (Å²) >= 11 is 0. The molecule has 0 unspecified atom stereocenters. The summed E-state index contributed by atoms with van der Waals surface area (Å²) in [7, 11) is 0. The zero-order chi connectivity index (χ0) is 17.8. The third-order valence-corrected chi connectivity index (χ3v) is 4.39. The number of carbonyl (C=O) groups is 1. The Hall–Kier alpha value is -3.08. The van der Waals surface area contributed by atoms with E-state index in [-0.39, 0.29) is 5.91 Å². The Bertz CT molecular complexity index is 885. The maximum absolute atomic E-state index is 12.2. The van der Waals surface area contributed by atoms with Crippen molar-refractivity contribution in [2.45, 2.75) is 32.0 Å². The minimum atomic E-state index is -0.0351. The van der Waals surface area contributed by atoms with E-state index in [4.69, 9.17) is 4.74 Å². The van der Waals surface area contributed by atoms with Gasteiger partial charge in [0.05, 0.1) is 18.2 Å². The minimum absolute atomic E-state index is 0.0351. The number of aromatic nitrogens is 2. The number of imidazole rings is 1. The Morgan fingerprint density at radius 1 is 1.15 bits per heavy atom. The molecule has 4 rings (SSSR count). The third-order valence-electron chi connectivity index (χ3n) is 4.39. The van der Waals surface area contributed by atoms with Crippen molar-refractivity contribution in [2.75, 3.05) is 0 Å². The SMILES string of the molecule is O=C(NC1CC1)c1cccc(OCc2cncn2Cc2ccccc2)c1. The van der Waals surface area contributed by atoms with Crippen LogP contribution in [0.15, 0.2) is 67.1 Å². The van der Waals surface area contributed by atoms with Crippen molar-refractivity contribution in [3.05, 3.63) is 83.9 Å². The van der Waals surface area contributed by atoms with Crippen molar-refractivity contribution in [3.63, 3.8) is 0 Å². The van der Waals surface area contributed by atoms with Crippen LogP contribution in [0.3, 0.4) is 0 Å². The Morgan fingerprint density at radius 3 is 2.81 bits per heavy atom. The second kappa shape index (κ2) is 7.44. The highest BCUT2D eigenvalue weighted by molar-refractivity contribution is 5.94. The number of carbonyl (C=O) groups excluding carboxylic acids is 1. The van der Waals surface area contributed by atoms with E-state index < -0.39 is 0 Å². The highest BCUT2D eigenvalue weighted by Crippen LogP contribution is 2.21. The molecule has 3 aromatic rings. The Balaban J connectivity index is 1.40. The quantitative estimate of drug-likeness (QED) is 0.713. The molecule has 1 aliphatic rings. The summed E-state index contributed by atoms with van der Waals surface area (Å²) in [4.78, 5) is 16.4. The highest BCUT2D eigenvalue weighted by atomic mass is 16.5. The van der Waals surface area contributed by atoms with E-state index in [1.165, 1.54) is 5.56 Å². The molecular formula is C21H21N3O2. The molecular weight excluding hydrogens is 326 g/mol. The number of hydrogen-bond donors (Lipinski definition) is 1. The first-order valence-electron chi connectivity index (χ1n) is 8.84. The lowest BCUT2D eigenvalue weighted by Crippen LogP contribution is -2.25. The molecule has 0 radical (unpaired) electrons. The van der Waals surface area contributed by atoms with Crippen molar-refractivity contribution in [2.24, 2.45) is 0 Å². The fourth-order valence-corrected chi connectivity index (χ4v) is 2.77. The molecule has 26 heavy (non-hydrogen) atoms. The zero-order valence-corrected chi connectivity index (χ0v) is 14.5. The smallest absolute Gasteiger partial charge is 0.251 e. The van der Waals surface area contributed by atoms with Crippen molar-refractivity contribution < 1.29 is 9.53 Å². The number of ether oxygens (including phenoxy) is 1. The first-order valence-corrected chi connectivity index (χ1v) is 8.84. The van der Waals surface area contributed by atoms with E-state index in [0.29, 0.717) is 24.0 Å². The van der Waals surface area contributed by atoms with Gasteiger partial charge in [0.1, 0.15) is 12.4 Å². The number of rotatable bonds is 7. The lowest BCUT2D eigenvalue weighted by molar-refractivity contribution is 0.0950. The molecule has 0 bridgehead atoms. The van der Waals surface area contributed by atoms with E-state index in [1.54, 1.807) is 6.07 Å². The first-order chi connectivity index (χ1) is 12.8. The summed E-state index contributed by atoms with van der Waals surface area (Å²) in [6.07, 6.45) is 5.78. The Kier molecular flexibility index (Phi) is 4.69. The number of amides is 1. The van der Waals surface area contributed by atoms with Gasteiger partial charge in [-0.15, -0.1) is 0 Å². The molecule has 0 aliphatic heterocycles. The van der Waals surface area contributed by atoms with Gasteiger partial charge in [-0.3, -0.25) is 4.79 Å². The predicted molar refractivity (Wildman–Crippen MR) is 99.0 cm³/mol. The predicted octanol–water partition coefficient (Wildman–Crippen LogP) is 3.40. The summed E-state index contributed by atoms with van der Waals surface area (Å²) in [6, 6.07) is 17.9. The van der Waals surface area contributed by atoms with Crippen LogP contribution in [0, 0.1) is 0 Å². The molecule has 1 saturated carbocycles.